The van der Waals surface area contributed by atoms with Crippen molar-refractivity contribution in [2.75, 3.05) is 31.6 Å². The number of nitrogens with zero attached hydrogens (tertiary/aromatic N) is 2. The molecule has 174 valence electrons. The molecule has 1 aromatic rings. The number of anilines is 1. The SMILES string of the molecule is CC.CN(CCCCC(=O)c1cc2c3c(c1)CCC(=O)N3CCC2)CCC1=CCCC=C1. The summed E-state index contributed by atoms with van der Waals surface area (Å²) < 4.78 is 0. The van der Waals surface area contributed by atoms with Gasteiger partial charge in [-0.25, -0.2) is 0 Å². The third-order valence-electron chi connectivity index (χ3n) is 6.64. The summed E-state index contributed by atoms with van der Waals surface area (Å²) in [5.74, 6) is 0.491. The van der Waals surface area contributed by atoms with Crippen LogP contribution in [0.25, 0.3) is 0 Å². The molecule has 0 unspecified atom stereocenters. The first kappa shape index (κ1) is 24.4. The van der Waals surface area contributed by atoms with Gasteiger partial charge in [0.2, 0.25) is 5.91 Å². The standard InChI is InChI=1S/C26H34N2O2.C2H6/c1-27(17-14-20-8-3-2-4-9-20)15-6-5-11-24(29)23-18-21-10-7-16-28-25(30)13-12-22(19-23)26(21)28;1-2/h3,8-9,18-19H,2,4-7,10-17H2,1H3;1-2H3. The third kappa shape index (κ3) is 6.19. The van der Waals surface area contributed by atoms with Gasteiger partial charge in [-0.3, -0.25) is 9.59 Å². The van der Waals surface area contributed by atoms with Gasteiger partial charge in [0.05, 0.1) is 5.69 Å². The van der Waals surface area contributed by atoms with Gasteiger partial charge in [0.1, 0.15) is 0 Å². The Hall–Kier alpha value is -2.20. The van der Waals surface area contributed by atoms with Gasteiger partial charge < -0.3 is 9.80 Å². The molecule has 4 heteroatoms. The molecule has 0 saturated heterocycles. The van der Waals surface area contributed by atoms with Crippen LogP contribution < -0.4 is 4.90 Å². The van der Waals surface area contributed by atoms with Crippen LogP contribution in [0.5, 0.6) is 0 Å². The molecule has 0 fully saturated rings. The molecule has 32 heavy (non-hydrogen) atoms. The van der Waals surface area contributed by atoms with E-state index in [0.29, 0.717) is 12.8 Å². The minimum atomic E-state index is 0.238. The van der Waals surface area contributed by atoms with Crippen molar-refractivity contribution in [1.29, 1.82) is 0 Å². The Bertz CT molecular complexity index is 851. The van der Waals surface area contributed by atoms with Crippen molar-refractivity contribution < 1.29 is 9.59 Å². The molecule has 0 saturated carbocycles. The smallest absolute Gasteiger partial charge is 0.227 e. The molecule has 1 amide bonds. The number of carbonyl (C=O) groups excluding carboxylic acids is 2. The molecule has 0 N–H and O–H groups in total. The number of hydrogen-bond acceptors (Lipinski definition) is 3. The van der Waals surface area contributed by atoms with Gasteiger partial charge in [0.15, 0.2) is 5.78 Å². The molecule has 0 radical (unpaired) electrons. The molecule has 1 aliphatic carbocycles. The Balaban J connectivity index is 0.00000141. The minimum Gasteiger partial charge on any atom is -0.312 e. The quantitative estimate of drug-likeness (QED) is 0.358. The zero-order valence-corrected chi connectivity index (χ0v) is 20.3. The molecule has 1 aromatic carbocycles. The van der Waals surface area contributed by atoms with Crippen LogP contribution in [0.4, 0.5) is 5.69 Å². The maximum atomic E-state index is 12.8. The molecule has 2 aliphatic heterocycles. The van der Waals surface area contributed by atoms with Crippen LogP contribution in [-0.4, -0.2) is 43.3 Å². The minimum absolute atomic E-state index is 0.238. The van der Waals surface area contributed by atoms with Crippen molar-refractivity contribution >= 4 is 17.4 Å². The van der Waals surface area contributed by atoms with E-state index in [-0.39, 0.29) is 11.7 Å². The van der Waals surface area contributed by atoms with Crippen LogP contribution in [0.3, 0.4) is 0 Å². The number of unbranched alkanes of at least 4 members (excludes halogenated alkanes) is 1. The zero-order valence-electron chi connectivity index (χ0n) is 20.3. The number of benzene rings is 1. The lowest BCUT2D eigenvalue weighted by Gasteiger charge is -2.35. The summed E-state index contributed by atoms with van der Waals surface area (Å²) >= 11 is 0. The molecule has 2 heterocycles. The lowest BCUT2D eigenvalue weighted by Crippen LogP contribution is -2.39. The van der Waals surface area contributed by atoms with Crippen LogP contribution in [0.15, 0.2) is 35.9 Å². The molecule has 3 aliphatic rings. The first-order chi connectivity index (χ1) is 15.6. The maximum Gasteiger partial charge on any atom is 0.227 e. The van der Waals surface area contributed by atoms with Crippen LogP contribution >= 0.6 is 0 Å². The monoisotopic (exact) mass is 436 g/mol. The van der Waals surface area contributed by atoms with E-state index in [0.717, 1.165) is 69.4 Å². The second kappa shape index (κ2) is 12.2. The van der Waals surface area contributed by atoms with Gasteiger partial charge in [0, 0.05) is 31.5 Å². The van der Waals surface area contributed by atoms with Gasteiger partial charge in [-0.2, -0.15) is 0 Å². The van der Waals surface area contributed by atoms with Crippen molar-refractivity contribution in [2.24, 2.45) is 0 Å². The number of allylic oxidation sites excluding steroid dienone is 3. The van der Waals surface area contributed by atoms with E-state index in [2.05, 4.69) is 42.3 Å². The van der Waals surface area contributed by atoms with Gasteiger partial charge in [-0.05, 0) is 88.2 Å². The molecule has 4 nitrogen and oxygen atoms in total. The Morgan fingerprint density at radius 1 is 1.03 bits per heavy atom. The average Bonchev–Trinajstić information content (AvgIpc) is 2.84. The third-order valence-corrected chi connectivity index (χ3v) is 6.64. The van der Waals surface area contributed by atoms with Gasteiger partial charge in [-0.15, -0.1) is 0 Å². The summed E-state index contributed by atoms with van der Waals surface area (Å²) in [6.07, 6.45) is 16.3. The second-order valence-corrected chi connectivity index (χ2v) is 8.98. The van der Waals surface area contributed by atoms with Crippen LogP contribution in [0.2, 0.25) is 0 Å². The van der Waals surface area contributed by atoms with E-state index in [1.165, 1.54) is 29.5 Å². The van der Waals surface area contributed by atoms with E-state index < -0.39 is 0 Å². The maximum absolute atomic E-state index is 12.8. The van der Waals surface area contributed by atoms with Crippen molar-refractivity contribution in [2.45, 2.75) is 78.1 Å². The number of amides is 1. The highest BCUT2D eigenvalue weighted by atomic mass is 16.2. The fraction of sp³-hybridized carbons (Fsp3) is 0.571. The van der Waals surface area contributed by atoms with Gasteiger partial charge in [-0.1, -0.05) is 37.6 Å². The Morgan fingerprint density at radius 3 is 2.56 bits per heavy atom. The fourth-order valence-electron chi connectivity index (χ4n) is 4.91. The van der Waals surface area contributed by atoms with E-state index in [9.17, 15) is 9.59 Å². The van der Waals surface area contributed by atoms with Crippen molar-refractivity contribution in [3.05, 3.63) is 52.6 Å². The van der Waals surface area contributed by atoms with E-state index in [1.54, 1.807) is 0 Å². The predicted octanol–water partition coefficient (Wildman–Crippen LogP) is 5.89. The number of rotatable bonds is 9. The molecular weight excluding hydrogens is 396 g/mol. The van der Waals surface area contributed by atoms with Crippen LogP contribution in [0, 0.1) is 0 Å². The lowest BCUT2D eigenvalue weighted by molar-refractivity contribution is -0.119. The highest BCUT2D eigenvalue weighted by molar-refractivity contribution is 6.01. The summed E-state index contributed by atoms with van der Waals surface area (Å²) in [5.41, 5.74) is 5.81. The molecular formula is C28H40N2O2. The highest BCUT2D eigenvalue weighted by Crippen LogP contribution is 2.36. The van der Waals surface area contributed by atoms with E-state index >= 15 is 0 Å². The second-order valence-electron chi connectivity index (χ2n) is 8.98. The largest absolute Gasteiger partial charge is 0.312 e. The lowest BCUT2D eigenvalue weighted by atomic mass is 9.88. The Kier molecular flexibility index (Phi) is 9.28. The zero-order chi connectivity index (χ0) is 22.9. The number of Topliss-reactive ketones (excluding diaryl/α,β-unsaturated/α-hetero) is 1. The molecule has 0 spiro atoms. The number of ketones is 1. The predicted molar refractivity (Wildman–Crippen MR) is 134 cm³/mol. The number of carbonyl (C=O) groups is 2. The summed E-state index contributed by atoms with van der Waals surface area (Å²) in [6, 6.07) is 4.12. The Morgan fingerprint density at radius 2 is 1.81 bits per heavy atom. The first-order valence-corrected chi connectivity index (χ1v) is 12.7. The summed E-state index contributed by atoms with van der Waals surface area (Å²) in [7, 11) is 2.18. The average molecular weight is 437 g/mol. The molecule has 0 atom stereocenters. The van der Waals surface area contributed by atoms with Gasteiger partial charge >= 0.3 is 0 Å². The van der Waals surface area contributed by atoms with E-state index in [1.807, 2.05) is 18.7 Å². The van der Waals surface area contributed by atoms with E-state index in [4.69, 9.17) is 0 Å². The summed E-state index contributed by atoms with van der Waals surface area (Å²) in [5, 5.41) is 0. The first-order valence-electron chi connectivity index (χ1n) is 12.7. The molecule has 0 aromatic heterocycles. The van der Waals surface area contributed by atoms with Crippen molar-refractivity contribution in [3.8, 4) is 0 Å². The van der Waals surface area contributed by atoms with Crippen molar-refractivity contribution in [3.63, 3.8) is 0 Å². The summed E-state index contributed by atoms with van der Waals surface area (Å²) in [4.78, 5) is 29.4. The van der Waals surface area contributed by atoms with Crippen molar-refractivity contribution in [1.82, 2.24) is 4.90 Å². The van der Waals surface area contributed by atoms with Crippen LogP contribution in [0.1, 0.15) is 86.7 Å². The van der Waals surface area contributed by atoms with Gasteiger partial charge in [0.25, 0.3) is 0 Å². The fourth-order valence-corrected chi connectivity index (χ4v) is 4.91. The number of aryl methyl sites for hydroxylation is 2. The normalized spacial score (nSPS) is 16.9. The molecule has 0 bridgehead atoms. The Labute approximate surface area is 194 Å². The highest BCUT2D eigenvalue weighted by Gasteiger charge is 2.30. The topological polar surface area (TPSA) is 40.6 Å². The molecule has 4 rings (SSSR count). The summed E-state index contributed by atoms with van der Waals surface area (Å²) in [6.45, 7) is 6.94. The van der Waals surface area contributed by atoms with Crippen LogP contribution in [-0.2, 0) is 17.6 Å². The number of hydrogen-bond donors (Lipinski definition) is 0.